The second-order valence-electron chi connectivity index (χ2n) is 2.46. The predicted molar refractivity (Wildman–Crippen MR) is 53.4 cm³/mol. The summed E-state index contributed by atoms with van der Waals surface area (Å²) in [7, 11) is 1.79. The second kappa shape index (κ2) is 5.57. The summed E-state index contributed by atoms with van der Waals surface area (Å²) in [4.78, 5) is 5.06. The average Bonchev–Trinajstić information content (AvgIpc) is 2.21. The molecule has 1 rings (SSSR count). The van der Waals surface area contributed by atoms with Crippen LogP contribution in [0.25, 0.3) is 0 Å². The first kappa shape index (κ1) is 10.0. The topological polar surface area (TPSA) is 48.7 Å². The Balaban J connectivity index is 2.40. The van der Waals surface area contributed by atoms with E-state index in [9.17, 15) is 0 Å². The third-order valence-electron chi connectivity index (χ3n) is 1.57. The number of aromatic nitrogens is 1. The predicted octanol–water partition coefficient (Wildman–Crippen LogP) is 1.29. The van der Waals surface area contributed by atoms with Crippen LogP contribution in [-0.2, 0) is 0 Å². The molecule has 0 aliphatic rings. The zero-order valence-electron chi connectivity index (χ0n) is 7.40. The van der Waals surface area contributed by atoms with Crippen molar-refractivity contribution in [2.45, 2.75) is 10.9 Å². The summed E-state index contributed by atoms with van der Waals surface area (Å²) in [5, 5.41) is 11.6. The summed E-state index contributed by atoms with van der Waals surface area (Å²) in [5.74, 6) is 0.761. The van der Waals surface area contributed by atoms with E-state index in [0.29, 0.717) is 0 Å². The van der Waals surface area contributed by atoms with E-state index < -0.39 is 0 Å². The molecule has 1 heterocycles. The number of pyridine rings is 1. The molecule has 0 saturated carbocycles. The van der Waals surface area contributed by atoms with Gasteiger partial charge in [-0.25, -0.2) is 0 Å². The summed E-state index contributed by atoms with van der Waals surface area (Å²) in [6, 6.07) is 5.97. The summed E-state index contributed by atoms with van der Waals surface area (Å²) >= 11 is 1.65. The first-order chi connectivity index (χ1) is 6.36. The van der Waals surface area contributed by atoms with Crippen LogP contribution in [0.1, 0.15) is 0 Å². The van der Waals surface area contributed by atoms with Crippen LogP contribution in [0.3, 0.4) is 0 Å². The van der Waals surface area contributed by atoms with Crippen LogP contribution in [0.5, 0.6) is 0 Å². The normalized spacial score (nSPS) is 12.0. The molecule has 1 N–H and O–H groups in total. The van der Waals surface area contributed by atoms with Crippen LogP contribution in [-0.4, -0.2) is 23.8 Å². The molecule has 4 heteroatoms. The van der Waals surface area contributed by atoms with Crippen molar-refractivity contribution in [3.8, 4) is 6.07 Å². The first-order valence-electron chi connectivity index (χ1n) is 3.96. The molecule has 1 unspecified atom stereocenters. The van der Waals surface area contributed by atoms with Gasteiger partial charge >= 0.3 is 0 Å². The van der Waals surface area contributed by atoms with E-state index >= 15 is 0 Å². The highest BCUT2D eigenvalue weighted by Gasteiger charge is 2.03. The molecule has 0 saturated heterocycles. The number of hydrogen-bond donors (Lipinski definition) is 1. The highest BCUT2D eigenvalue weighted by atomic mass is 32.2. The maximum Gasteiger partial charge on any atom is 0.104 e. The van der Waals surface area contributed by atoms with Crippen LogP contribution >= 0.6 is 11.8 Å². The molecule has 0 bridgehead atoms. The molecule has 0 radical (unpaired) electrons. The molecule has 1 aromatic heterocycles. The lowest BCUT2D eigenvalue weighted by atomic mass is 10.4. The Labute approximate surface area is 82.2 Å². The van der Waals surface area contributed by atoms with Crippen molar-refractivity contribution in [3.63, 3.8) is 0 Å². The molecule has 0 aliphatic heterocycles. The molecule has 0 aliphatic carbocycles. The summed E-state index contributed by atoms with van der Waals surface area (Å²) < 4.78 is 0. The lowest BCUT2D eigenvalue weighted by molar-refractivity contribution is 0.750. The fourth-order valence-corrected chi connectivity index (χ4v) is 1.71. The number of nitrogens with zero attached hydrogens (tertiary/aromatic N) is 2. The lowest BCUT2D eigenvalue weighted by Crippen LogP contribution is -2.25. The minimum atomic E-state index is -0.0850. The molecule has 1 atom stereocenters. The number of nitriles is 1. The van der Waals surface area contributed by atoms with Gasteiger partial charge < -0.3 is 5.32 Å². The summed E-state index contributed by atoms with van der Waals surface area (Å²) in [6.07, 6.45) is 3.51. The van der Waals surface area contributed by atoms with E-state index in [1.54, 1.807) is 31.2 Å². The Hall–Kier alpha value is -1.05. The van der Waals surface area contributed by atoms with Gasteiger partial charge in [0.1, 0.15) is 6.04 Å². The molecule has 0 aromatic carbocycles. The Morgan fingerprint density at radius 3 is 2.85 bits per heavy atom. The zero-order chi connectivity index (χ0) is 9.52. The summed E-state index contributed by atoms with van der Waals surface area (Å²) in [5.41, 5.74) is 0. The largest absolute Gasteiger partial charge is 0.304 e. The van der Waals surface area contributed by atoms with Gasteiger partial charge in [-0.2, -0.15) is 5.26 Å². The molecular formula is C9H11N3S. The molecule has 0 amide bonds. The first-order valence-corrected chi connectivity index (χ1v) is 4.95. The van der Waals surface area contributed by atoms with Crippen molar-refractivity contribution in [3.05, 3.63) is 24.5 Å². The van der Waals surface area contributed by atoms with Crippen molar-refractivity contribution in [2.75, 3.05) is 12.8 Å². The van der Waals surface area contributed by atoms with E-state index in [-0.39, 0.29) is 6.04 Å². The number of hydrogen-bond acceptors (Lipinski definition) is 4. The highest BCUT2D eigenvalue weighted by Crippen LogP contribution is 2.16. The minimum Gasteiger partial charge on any atom is -0.304 e. The molecule has 68 valence electrons. The minimum absolute atomic E-state index is 0.0850. The number of nitrogens with one attached hydrogen (secondary N) is 1. The van der Waals surface area contributed by atoms with Gasteiger partial charge in [0.15, 0.2) is 0 Å². The van der Waals surface area contributed by atoms with Gasteiger partial charge in [-0.3, -0.25) is 4.98 Å². The Morgan fingerprint density at radius 1 is 1.62 bits per heavy atom. The maximum atomic E-state index is 8.67. The van der Waals surface area contributed by atoms with Gasteiger partial charge in [-0.05, 0) is 19.2 Å². The maximum absolute atomic E-state index is 8.67. The van der Waals surface area contributed by atoms with Crippen LogP contribution in [0.2, 0.25) is 0 Å². The van der Waals surface area contributed by atoms with E-state index in [1.165, 1.54) is 0 Å². The van der Waals surface area contributed by atoms with Gasteiger partial charge in [0, 0.05) is 23.0 Å². The lowest BCUT2D eigenvalue weighted by Gasteiger charge is -2.05. The molecule has 0 spiro atoms. The number of thioether (sulfide) groups is 1. The van der Waals surface area contributed by atoms with E-state index in [1.807, 2.05) is 12.1 Å². The average molecular weight is 193 g/mol. The molecule has 1 aromatic rings. The molecular weight excluding hydrogens is 182 g/mol. The smallest absolute Gasteiger partial charge is 0.104 e. The monoisotopic (exact) mass is 193 g/mol. The van der Waals surface area contributed by atoms with Crippen LogP contribution in [0.15, 0.2) is 29.4 Å². The van der Waals surface area contributed by atoms with Gasteiger partial charge in [0.25, 0.3) is 0 Å². The van der Waals surface area contributed by atoms with E-state index in [4.69, 9.17) is 5.26 Å². The second-order valence-corrected chi connectivity index (χ2v) is 3.56. The SMILES string of the molecule is CNC(C#N)CSc1ccncc1. The molecule has 3 nitrogen and oxygen atoms in total. The Morgan fingerprint density at radius 2 is 2.31 bits per heavy atom. The Kier molecular flexibility index (Phi) is 4.30. The Bertz CT molecular complexity index is 281. The standard InChI is InChI=1S/C9H11N3S/c1-11-8(6-10)7-13-9-2-4-12-5-3-9/h2-5,8,11H,7H2,1H3. The van der Waals surface area contributed by atoms with Crippen molar-refractivity contribution < 1.29 is 0 Å². The van der Waals surface area contributed by atoms with E-state index in [0.717, 1.165) is 10.6 Å². The van der Waals surface area contributed by atoms with E-state index in [2.05, 4.69) is 16.4 Å². The van der Waals surface area contributed by atoms with Crippen LogP contribution < -0.4 is 5.32 Å². The molecule has 0 fully saturated rings. The van der Waals surface area contributed by atoms with Crippen LogP contribution in [0, 0.1) is 11.3 Å². The van der Waals surface area contributed by atoms with Crippen LogP contribution in [0.4, 0.5) is 0 Å². The summed E-state index contributed by atoms with van der Waals surface area (Å²) in [6.45, 7) is 0. The quantitative estimate of drug-likeness (QED) is 0.732. The zero-order valence-corrected chi connectivity index (χ0v) is 8.21. The van der Waals surface area contributed by atoms with Crippen molar-refractivity contribution >= 4 is 11.8 Å². The van der Waals surface area contributed by atoms with Gasteiger partial charge in [0.05, 0.1) is 6.07 Å². The van der Waals surface area contributed by atoms with Gasteiger partial charge in [-0.1, -0.05) is 0 Å². The van der Waals surface area contributed by atoms with Crippen molar-refractivity contribution in [1.29, 1.82) is 5.26 Å². The van der Waals surface area contributed by atoms with Crippen molar-refractivity contribution in [1.82, 2.24) is 10.3 Å². The number of rotatable bonds is 4. The van der Waals surface area contributed by atoms with Gasteiger partial charge in [0.2, 0.25) is 0 Å². The third kappa shape index (κ3) is 3.45. The van der Waals surface area contributed by atoms with Gasteiger partial charge in [-0.15, -0.1) is 11.8 Å². The highest BCUT2D eigenvalue weighted by molar-refractivity contribution is 7.99. The fraction of sp³-hybridized carbons (Fsp3) is 0.333. The fourth-order valence-electron chi connectivity index (χ4n) is 0.799. The van der Waals surface area contributed by atoms with Crippen molar-refractivity contribution in [2.24, 2.45) is 0 Å². The molecule has 13 heavy (non-hydrogen) atoms. The third-order valence-corrected chi connectivity index (χ3v) is 2.68.